The minimum Gasteiger partial charge on any atom is -0.310 e. The molecule has 0 radical (unpaired) electrons. The third kappa shape index (κ3) is 5.17. The number of hydrogen-bond acceptors (Lipinski definition) is 2. The molecule has 0 aliphatic rings. The molecule has 1 aromatic heterocycles. The van der Waals surface area contributed by atoms with E-state index < -0.39 is 0 Å². The second-order valence-electron chi connectivity index (χ2n) is 4.71. The highest BCUT2D eigenvalue weighted by atomic mass is 35.5. The van der Waals surface area contributed by atoms with Crippen molar-refractivity contribution in [3.8, 4) is 0 Å². The van der Waals surface area contributed by atoms with Crippen LogP contribution in [-0.2, 0) is 0 Å². The average Bonchev–Trinajstić information content (AvgIpc) is 2.56. The van der Waals surface area contributed by atoms with Gasteiger partial charge in [-0.2, -0.15) is 0 Å². The van der Waals surface area contributed by atoms with Gasteiger partial charge in [0.25, 0.3) is 0 Å². The highest BCUT2D eigenvalue weighted by molar-refractivity contribution is 7.20. The maximum Gasteiger partial charge on any atom is 0.0991 e. The molecule has 1 unspecified atom stereocenters. The summed E-state index contributed by atoms with van der Waals surface area (Å²) in [5, 5.41) is 3.49. The monoisotopic (exact) mass is 293 g/mol. The van der Waals surface area contributed by atoms with Crippen LogP contribution in [0.5, 0.6) is 0 Å². The first-order valence-electron chi connectivity index (χ1n) is 6.22. The van der Waals surface area contributed by atoms with Gasteiger partial charge in [-0.05, 0) is 24.9 Å². The molecule has 0 bridgehead atoms. The van der Waals surface area contributed by atoms with Crippen LogP contribution >= 0.6 is 34.5 Å². The highest BCUT2D eigenvalue weighted by Crippen LogP contribution is 2.36. The van der Waals surface area contributed by atoms with Gasteiger partial charge in [0, 0.05) is 11.6 Å². The Labute approximate surface area is 119 Å². The largest absolute Gasteiger partial charge is 0.310 e. The Morgan fingerprint density at radius 3 is 2.47 bits per heavy atom. The molecular weight excluding hydrogens is 273 g/mol. The van der Waals surface area contributed by atoms with Gasteiger partial charge in [-0.15, -0.1) is 11.3 Å². The first-order chi connectivity index (χ1) is 8.04. The zero-order valence-corrected chi connectivity index (χ0v) is 13.1. The molecule has 0 aromatic carbocycles. The molecule has 0 aliphatic heterocycles. The lowest BCUT2D eigenvalue weighted by Gasteiger charge is -2.18. The fourth-order valence-electron chi connectivity index (χ4n) is 1.93. The van der Waals surface area contributed by atoms with Crippen molar-refractivity contribution in [3.63, 3.8) is 0 Å². The van der Waals surface area contributed by atoms with E-state index in [9.17, 15) is 0 Å². The van der Waals surface area contributed by atoms with Crippen molar-refractivity contribution in [1.29, 1.82) is 0 Å². The van der Waals surface area contributed by atoms with Gasteiger partial charge < -0.3 is 5.32 Å². The van der Waals surface area contributed by atoms with E-state index in [1.54, 1.807) is 0 Å². The fourth-order valence-corrected chi connectivity index (χ4v) is 3.51. The van der Waals surface area contributed by atoms with Crippen LogP contribution in [0.1, 0.15) is 51.6 Å². The maximum atomic E-state index is 6.21. The molecule has 1 nitrogen and oxygen atoms in total. The Bertz CT molecular complexity index is 336. The summed E-state index contributed by atoms with van der Waals surface area (Å²) in [6.45, 7) is 7.60. The minimum atomic E-state index is 0.343. The Morgan fingerprint density at radius 2 is 2.00 bits per heavy atom. The fraction of sp³-hybridized carbons (Fsp3) is 0.692. The Kier molecular flexibility index (Phi) is 6.86. The van der Waals surface area contributed by atoms with Crippen LogP contribution in [-0.4, -0.2) is 6.54 Å². The predicted molar refractivity (Wildman–Crippen MR) is 79.4 cm³/mol. The highest BCUT2D eigenvalue weighted by Gasteiger charge is 2.16. The zero-order valence-electron chi connectivity index (χ0n) is 10.7. The van der Waals surface area contributed by atoms with E-state index in [4.69, 9.17) is 23.2 Å². The Morgan fingerprint density at radius 1 is 1.29 bits per heavy atom. The predicted octanol–water partition coefficient (Wildman–Crippen LogP) is 5.53. The number of nitrogens with one attached hydrogen (secondary N) is 1. The topological polar surface area (TPSA) is 12.0 Å². The molecule has 0 fully saturated rings. The molecule has 1 atom stereocenters. The van der Waals surface area contributed by atoms with E-state index in [1.165, 1.54) is 24.2 Å². The Balaban J connectivity index is 2.61. The Hall–Kier alpha value is 0.240. The van der Waals surface area contributed by atoms with Crippen molar-refractivity contribution in [3.05, 3.63) is 20.3 Å². The lowest BCUT2D eigenvalue weighted by molar-refractivity contribution is 0.456. The van der Waals surface area contributed by atoms with Gasteiger partial charge >= 0.3 is 0 Å². The SMILES string of the molecule is CCNC(CCCC(C)C)c1cc(Cl)sc1Cl. The number of rotatable bonds is 7. The van der Waals surface area contributed by atoms with Crippen LogP contribution < -0.4 is 5.32 Å². The van der Waals surface area contributed by atoms with Gasteiger partial charge in [0.1, 0.15) is 0 Å². The minimum absolute atomic E-state index is 0.343. The van der Waals surface area contributed by atoms with Crippen molar-refractivity contribution >= 4 is 34.5 Å². The van der Waals surface area contributed by atoms with Crippen LogP contribution in [0.4, 0.5) is 0 Å². The van der Waals surface area contributed by atoms with Gasteiger partial charge in [0.2, 0.25) is 0 Å². The van der Waals surface area contributed by atoms with E-state index in [-0.39, 0.29) is 0 Å². The van der Waals surface area contributed by atoms with E-state index in [0.717, 1.165) is 33.1 Å². The first kappa shape index (κ1) is 15.3. The van der Waals surface area contributed by atoms with Crippen LogP contribution in [0.25, 0.3) is 0 Å². The molecule has 0 aliphatic carbocycles. The van der Waals surface area contributed by atoms with E-state index in [2.05, 4.69) is 26.1 Å². The molecule has 98 valence electrons. The smallest absolute Gasteiger partial charge is 0.0991 e. The molecule has 1 aromatic rings. The van der Waals surface area contributed by atoms with Crippen LogP contribution in [0.15, 0.2) is 6.07 Å². The lowest BCUT2D eigenvalue weighted by Crippen LogP contribution is -2.20. The quantitative estimate of drug-likeness (QED) is 0.697. The molecular formula is C13H21Cl2NS. The van der Waals surface area contributed by atoms with Crippen LogP contribution in [0.3, 0.4) is 0 Å². The molecule has 0 saturated heterocycles. The van der Waals surface area contributed by atoms with Gasteiger partial charge in [-0.25, -0.2) is 0 Å². The van der Waals surface area contributed by atoms with Crippen LogP contribution in [0.2, 0.25) is 8.67 Å². The maximum absolute atomic E-state index is 6.21. The number of hydrogen-bond donors (Lipinski definition) is 1. The van der Waals surface area contributed by atoms with Gasteiger partial charge in [0.05, 0.1) is 8.67 Å². The van der Waals surface area contributed by atoms with Crippen molar-refractivity contribution in [1.82, 2.24) is 5.32 Å². The normalized spacial score (nSPS) is 13.3. The molecule has 4 heteroatoms. The van der Waals surface area contributed by atoms with Crippen molar-refractivity contribution in [2.75, 3.05) is 6.54 Å². The summed E-state index contributed by atoms with van der Waals surface area (Å²) in [4.78, 5) is 0. The summed E-state index contributed by atoms with van der Waals surface area (Å²) in [6.07, 6.45) is 3.61. The summed E-state index contributed by atoms with van der Waals surface area (Å²) < 4.78 is 1.60. The first-order valence-corrected chi connectivity index (χ1v) is 7.80. The molecule has 1 heterocycles. The summed E-state index contributed by atoms with van der Waals surface area (Å²) >= 11 is 13.7. The molecule has 0 saturated carbocycles. The molecule has 1 rings (SSSR count). The van der Waals surface area contributed by atoms with Crippen molar-refractivity contribution in [2.45, 2.75) is 46.1 Å². The van der Waals surface area contributed by atoms with Gasteiger partial charge in [-0.1, -0.05) is 56.8 Å². The van der Waals surface area contributed by atoms with E-state index in [0.29, 0.717) is 6.04 Å². The summed E-state index contributed by atoms with van der Waals surface area (Å²) in [6, 6.07) is 2.34. The van der Waals surface area contributed by atoms with E-state index in [1.807, 2.05) is 6.07 Å². The third-order valence-corrected chi connectivity index (χ3v) is 4.30. The summed E-state index contributed by atoms with van der Waals surface area (Å²) in [7, 11) is 0. The second-order valence-corrected chi connectivity index (χ2v) is 7.00. The molecule has 1 N–H and O–H groups in total. The van der Waals surface area contributed by atoms with Crippen LogP contribution in [0, 0.1) is 5.92 Å². The van der Waals surface area contributed by atoms with Crippen molar-refractivity contribution < 1.29 is 0 Å². The molecule has 0 spiro atoms. The standard InChI is InChI=1S/C13H21Cl2NS/c1-4-16-11(7-5-6-9(2)3)10-8-12(14)17-13(10)15/h8-9,11,16H,4-7H2,1-3H3. The van der Waals surface area contributed by atoms with Gasteiger partial charge in [0.15, 0.2) is 0 Å². The number of halogens is 2. The molecule has 0 amide bonds. The van der Waals surface area contributed by atoms with Crippen molar-refractivity contribution in [2.24, 2.45) is 5.92 Å². The average molecular weight is 294 g/mol. The third-order valence-electron chi connectivity index (χ3n) is 2.78. The van der Waals surface area contributed by atoms with E-state index >= 15 is 0 Å². The lowest BCUT2D eigenvalue weighted by atomic mass is 10.00. The molecule has 17 heavy (non-hydrogen) atoms. The van der Waals surface area contributed by atoms with Gasteiger partial charge in [-0.3, -0.25) is 0 Å². The number of thiophene rings is 1. The second kappa shape index (κ2) is 7.63. The summed E-state index contributed by atoms with van der Waals surface area (Å²) in [5.74, 6) is 0.763. The zero-order chi connectivity index (χ0) is 12.8. The summed E-state index contributed by atoms with van der Waals surface area (Å²) in [5.41, 5.74) is 1.16.